The Morgan fingerprint density at radius 3 is 2.92 bits per heavy atom. The first-order valence-corrected chi connectivity index (χ1v) is 3.57. The molecule has 0 aliphatic rings. The molecule has 0 radical (unpaired) electrons. The van der Waals surface area contributed by atoms with E-state index in [4.69, 9.17) is 9.47 Å². The fourth-order valence-corrected chi connectivity index (χ4v) is 0.700. The highest BCUT2D eigenvalue weighted by Crippen LogP contribution is 2.05. The minimum atomic E-state index is -0.537. The van der Waals surface area contributed by atoms with Gasteiger partial charge in [-0.15, -0.1) is 0 Å². The lowest BCUT2D eigenvalue weighted by Crippen LogP contribution is -2.05. The second-order valence-corrected chi connectivity index (χ2v) is 2.14. The van der Waals surface area contributed by atoms with E-state index in [2.05, 4.69) is 4.98 Å². The molecule has 0 aliphatic carbocycles. The Kier molecular flexibility index (Phi) is 3.47. The fourth-order valence-electron chi connectivity index (χ4n) is 0.700. The lowest BCUT2D eigenvalue weighted by atomic mass is 10.5. The molecular formula is C8H10FNO2. The van der Waals surface area contributed by atoms with Crippen molar-refractivity contribution in [3.63, 3.8) is 0 Å². The van der Waals surface area contributed by atoms with Crippen LogP contribution in [0, 0.1) is 5.95 Å². The van der Waals surface area contributed by atoms with E-state index in [9.17, 15) is 4.39 Å². The number of aromatic nitrogens is 1. The Bertz CT molecular complexity index is 242. The summed E-state index contributed by atoms with van der Waals surface area (Å²) in [6.07, 6.45) is 0. The molecule has 1 rings (SSSR count). The van der Waals surface area contributed by atoms with Gasteiger partial charge in [-0.3, -0.25) is 0 Å². The lowest BCUT2D eigenvalue weighted by molar-refractivity contribution is 0.143. The summed E-state index contributed by atoms with van der Waals surface area (Å²) in [6, 6.07) is 4.41. The van der Waals surface area contributed by atoms with Crippen LogP contribution in [0.15, 0.2) is 18.2 Å². The summed E-state index contributed by atoms with van der Waals surface area (Å²) in [5, 5.41) is 0. The van der Waals surface area contributed by atoms with Gasteiger partial charge in [0.2, 0.25) is 11.8 Å². The van der Waals surface area contributed by atoms with E-state index in [0.717, 1.165) is 0 Å². The molecule has 1 aromatic rings. The van der Waals surface area contributed by atoms with Crippen LogP contribution in [0.4, 0.5) is 4.39 Å². The smallest absolute Gasteiger partial charge is 0.216 e. The van der Waals surface area contributed by atoms with Crippen LogP contribution < -0.4 is 4.74 Å². The van der Waals surface area contributed by atoms with Crippen molar-refractivity contribution in [2.75, 3.05) is 20.3 Å². The highest BCUT2D eigenvalue weighted by molar-refractivity contribution is 5.10. The molecule has 0 aromatic carbocycles. The Balaban J connectivity index is 2.41. The largest absolute Gasteiger partial charge is 0.475 e. The van der Waals surface area contributed by atoms with Gasteiger partial charge >= 0.3 is 0 Å². The van der Waals surface area contributed by atoms with Crippen molar-refractivity contribution in [2.45, 2.75) is 0 Å². The van der Waals surface area contributed by atoms with Gasteiger partial charge in [-0.2, -0.15) is 9.37 Å². The summed E-state index contributed by atoms with van der Waals surface area (Å²) in [7, 11) is 1.57. The third-order valence-corrected chi connectivity index (χ3v) is 1.23. The van der Waals surface area contributed by atoms with Crippen LogP contribution in [0.25, 0.3) is 0 Å². The van der Waals surface area contributed by atoms with Gasteiger partial charge in [-0.05, 0) is 6.07 Å². The van der Waals surface area contributed by atoms with Crippen molar-refractivity contribution < 1.29 is 13.9 Å². The molecule has 0 bridgehead atoms. The van der Waals surface area contributed by atoms with Crippen LogP contribution in [0.2, 0.25) is 0 Å². The van der Waals surface area contributed by atoms with Crippen molar-refractivity contribution in [3.05, 3.63) is 24.1 Å². The summed E-state index contributed by atoms with van der Waals surface area (Å²) in [4.78, 5) is 3.50. The first kappa shape index (κ1) is 8.93. The average Bonchev–Trinajstić information content (AvgIpc) is 2.05. The molecule has 0 atom stereocenters. The van der Waals surface area contributed by atoms with Gasteiger partial charge in [0.25, 0.3) is 0 Å². The summed E-state index contributed by atoms with van der Waals surface area (Å²) in [6.45, 7) is 0.852. The van der Waals surface area contributed by atoms with Crippen molar-refractivity contribution >= 4 is 0 Å². The van der Waals surface area contributed by atoms with E-state index in [1.54, 1.807) is 19.2 Å². The molecule has 0 aliphatic heterocycles. The van der Waals surface area contributed by atoms with E-state index in [1.165, 1.54) is 6.07 Å². The molecule has 1 heterocycles. The molecular weight excluding hydrogens is 161 g/mol. The Morgan fingerprint density at radius 2 is 2.25 bits per heavy atom. The van der Waals surface area contributed by atoms with Crippen LogP contribution in [-0.4, -0.2) is 25.3 Å². The topological polar surface area (TPSA) is 31.4 Å². The van der Waals surface area contributed by atoms with Crippen LogP contribution in [0.1, 0.15) is 0 Å². The number of ether oxygens (including phenoxy) is 2. The quantitative estimate of drug-likeness (QED) is 0.504. The minimum Gasteiger partial charge on any atom is -0.475 e. The number of rotatable bonds is 4. The van der Waals surface area contributed by atoms with E-state index in [-0.39, 0.29) is 5.88 Å². The van der Waals surface area contributed by atoms with Gasteiger partial charge < -0.3 is 9.47 Å². The van der Waals surface area contributed by atoms with Crippen molar-refractivity contribution in [2.24, 2.45) is 0 Å². The number of hydrogen-bond acceptors (Lipinski definition) is 3. The Hall–Kier alpha value is -1.16. The molecule has 0 N–H and O–H groups in total. The third-order valence-electron chi connectivity index (χ3n) is 1.23. The van der Waals surface area contributed by atoms with Crippen molar-refractivity contribution in [3.8, 4) is 5.88 Å². The molecule has 3 nitrogen and oxygen atoms in total. The number of pyridine rings is 1. The van der Waals surface area contributed by atoms with E-state index in [1.807, 2.05) is 0 Å². The molecule has 0 unspecified atom stereocenters. The lowest BCUT2D eigenvalue weighted by Gasteiger charge is -2.02. The summed E-state index contributed by atoms with van der Waals surface area (Å²) >= 11 is 0. The normalized spacial score (nSPS) is 9.83. The second-order valence-electron chi connectivity index (χ2n) is 2.14. The first-order chi connectivity index (χ1) is 5.83. The molecule has 4 heteroatoms. The third kappa shape index (κ3) is 2.84. The second kappa shape index (κ2) is 4.66. The predicted octanol–water partition coefficient (Wildman–Crippen LogP) is 1.25. The van der Waals surface area contributed by atoms with Gasteiger partial charge in [0, 0.05) is 13.2 Å². The maximum Gasteiger partial charge on any atom is 0.216 e. The zero-order valence-electron chi connectivity index (χ0n) is 6.79. The number of hydrogen-bond donors (Lipinski definition) is 0. The number of nitrogens with zero attached hydrogens (tertiary/aromatic N) is 1. The SMILES string of the molecule is COCCOc1cccc(F)n1. The maximum atomic E-state index is 12.5. The van der Waals surface area contributed by atoms with Gasteiger partial charge in [0.05, 0.1) is 6.61 Å². The van der Waals surface area contributed by atoms with E-state index < -0.39 is 5.95 Å². The van der Waals surface area contributed by atoms with Crippen LogP contribution in [0.3, 0.4) is 0 Å². The highest BCUT2D eigenvalue weighted by atomic mass is 19.1. The summed E-state index contributed by atoms with van der Waals surface area (Å²) in [5.41, 5.74) is 0. The Morgan fingerprint density at radius 1 is 1.42 bits per heavy atom. The van der Waals surface area contributed by atoms with Crippen LogP contribution in [0.5, 0.6) is 5.88 Å². The molecule has 0 saturated carbocycles. The monoisotopic (exact) mass is 171 g/mol. The molecule has 0 saturated heterocycles. The molecule has 0 amide bonds. The summed E-state index contributed by atoms with van der Waals surface area (Å²) < 4.78 is 22.3. The predicted molar refractivity (Wildman–Crippen MR) is 41.6 cm³/mol. The van der Waals surface area contributed by atoms with Gasteiger partial charge in [-0.1, -0.05) is 6.07 Å². The van der Waals surface area contributed by atoms with Gasteiger partial charge in [-0.25, -0.2) is 0 Å². The number of methoxy groups -OCH3 is 1. The summed E-state index contributed by atoms with van der Waals surface area (Å²) in [5.74, 6) is -0.253. The minimum absolute atomic E-state index is 0.284. The molecule has 12 heavy (non-hydrogen) atoms. The van der Waals surface area contributed by atoms with Crippen molar-refractivity contribution in [1.29, 1.82) is 0 Å². The van der Waals surface area contributed by atoms with Crippen LogP contribution >= 0.6 is 0 Å². The molecule has 66 valence electrons. The Labute approximate surface area is 70.1 Å². The maximum absolute atomic E-state index is 12.5. The number of halogens is 1. The zero-order chi connectivity index (χ0) is 8.81. The molecule has 0 spiro atoms. The first-order valence-electron chi connectivity index (χ1n) is 3.57. The zero-order valence-corrected chi connectivity index (χ0v) is 6.79. The van der Waals surface area contributed by atoms with E-state index in [0.29, 0.717) is 13.2 Å². The van der Waals surface area contributed by atoms with Gasteiger partial charge in [0.1, 0.15) is 6.61 Å². The van der Waals surface area contributed by atoms with Gasteiger partial charge in [0.15, 0.2) is 0 Å². The van der Waals surface area contributed by atoms with Crippen LogP contribution in [-0.2, 0) is 4.74 Å². The molecule has 0 fully saturated rings. The average molecular weight is 171 g/mol. The fraction of sp³-hybridized carbons (Fsp3) is 0.375. The van der Waals surface area contributed by atoms with Crippen molar-refractivity contribution in [1.82, 2.24) is 4.98 Å². The highest BCUT2D eigenvalue weighted by Gasteiger charge is 1.95. The molecule has 1 aromatic heterocycles. The standard InChI is InChI=1S/C8H10FNO2/c1-11-5-6-12-8-4-2-3-7(9)10-8/h2-4H,5-6H2,1H3. The van der Waals surface area contributed by atoms with E-state index >= 15 is 0 Å².